The first kappa shape index (κ1) is 11.3. The molecule has 0 radical (unpaired) electrons. The van der Waals surface area contributed by atoms with Crippen LogP contribution in [0.25, 0.3) is 0 Å². The van der Waals surface area contributed by atoms with Crippen LogP contribution in [0.5, 0.6) is 0 Å². The van der Waals surface area contributed by atoms with E-state index < -0.39 is 0 Å². The van der Waals surface area contributed by atoms with E-state index in [1.54, 1.807) is 0 Å². The molecule has 1 aromatic rings. The third-order valence-electron chi connectivity index (χ3n) is 3.16. The highest BCUT2D eigenvalue weighted by Gasteiger charge is 2.21. The number of rotatable bonds is 2. The maximum absolute atomic E-state index is 2.34. The summed E-state index contributed by atoms with van der Waals surface area (Å²) >= 11 is 0. The Morgan fingerprint density at radius 3 is 2.36 bits per heavy atom. The van der Waals surface area contributed by atoms with Crippen LogP contribution in [-0.4, -0.2) is 0 Å². The molecular formula is C14H22. The van der Waals surface area contributed by atoms with Gasteiger partial charge in [-0.05, 0) is 28.9 Å². The van der Waals surface area contributed by atoms with E-state index in [-0.39, 0.29) is 0 Å². The van der Waals surface area contributed by atoms with E-state index in [2.05, 4.69) is 58.9 Å². The molecule has 1 rings (SSSR count). The van der Waals surface area contributed by atoms with E-state index in [1.807, 2.05) is 0 Å². The Morgan fingerprint density at radius 2 is 1.86 bits per heavy atom. The summed E-state index contributed by atoms with van der Waals surface area (Å²) < 4.78 is 0. The van der Waals surface area contributed by atoms with Gasteiger partial charge >= 0.3 is 0 Å². The van der Waals surface area contributed by atoms with Gasteiger partial charge in [0.25, 0.3) is 0 Å². The highest BCUT2D eigenvalue weighted by molar-refractivity contribution is 5.27. The lowest BCUT2D eigenvalue weighted by atomic mass is 9.77. The lowest BCUT2D eigenvalue weighted by Crippen LogP contribution is -2.15. The third-order valence-corrected chi connectivity index (χ3v) is 3.16. The Hall–Kier alpha value is -0.780. The third kappa shape index (κ3) is 2.60. The second kappa shape index (κ2) is 4.16. The van der Waals surface area contributed by atoms with E-state index in [9.17, 15) is 0 Å². The zero-order chi connectivity index (χ0) is 10.8. The molecule has 78 valence electrons. The van der Waals surface area contributed by atoms with Crippen LogP contribution in [0.1, 0.15) is 51.7 Å². The van der Waals surface area contributed by atoms with Crippen LogP contribution in [0.2, 0.25) is 0 Å². The smallest absolute Gasteiger partial charge is 0.0142 e. The van der Waals surface area contributed by atoms with Crippen LogP contribution in [0, 0.1) is 5.41 Å². The summed E-state index contributed by atoms with van der Waals surface area (Å²) in [7, 11) is 0. The van der Waals surface area contributed by atoms with Gasteiger partial charge in [0.2, 0.25) is 0 Å². The predicted molar refractivity (Wildman–Crippen MR) is 63.7 cm³/mol. The Labute approximate surface area is 88.4 Å². The van der Waals surface area contributed by atoms with Gasteiger partial charge in [-0.25, -0.2) is 0 Å². The zero-order valence-corrected chi connectivity index (χ0v) is 10.1. The fraction of sp³-hybridized carbons (Fsp3) is 0.571. The molecule has 14 heavy (non-hydrogen) atoms. The molecule has 0 fully saturated rings. The second-order valence-corrected chi connectivity index (χ2v) is 5.19. The molecule has 0 saturated heterocycles. The second-order valence-electron chi connectivity index (χ2n) is 5.19. The summed E-state index contributed by atoms with van der Waals surface area (Å²) in [6, 6.07) is 8.97. The van der Waals surface area contributed by atoms with Gasteiger partial charge in [-0.3, -0.25) is 0 Å². The fourth-order valence-electron chi connectivity index (χ4n) is 1.58. The standard InChI is InChI=1S/C14H22/c1-6-12-8-7-9-13(10-12)11(2)14(3,4)5/h7-11H,6H2,1-5H3. The van der Waals surface area contributed by atoms with E-state index in [0.29, 0.717) is 11.3 Å². The van der Waals surface area contributed by atoms with Crippen molar-refractivity contribution in [3.8, 4) is 0 Å². The minimum atomic E-state index is 0.354. The van der Waals surface area contributed by atoms with Crippen molar-refractivity contribution in [2.45, 2.75) is 47.0 Å². The molecule has 1 aromatic carbocycles. The molecule has 0 bridgehead atoms. The summed E-state index contributed by atoms with van der Waals surface area (Å²) in [5.41, 5.74) is 3.27. The highest BCUT2D eigenvalue weighted by atomic mass is 14.3. The van der Waals surface area contributed by atoms with Crippen LogP contribution in [0.3, 0.4) is 0 Å². The zero-order valence-electron chi connectivity index (χ0n) is 10.1. The van der Waals surface area contributed by atoms with E-state index in [1.165, 1.54) is 11.1 Å². The van der Waals surface area contributed by atoms with Crippen LogP contribution < -0.4 is 0 Å². The first-order valence-electron chi connectivity index (χ1n) is 5.54. The first-order valence-corrected chi connectivity index (χ1v) is 5.54. The highest BCUT2D eigenvalue weighted by Crippen LogP contribution is 2.34. The van der Waals surface area contributed by atoms with Gasteiger partial charge in [0.05, 0.1) is 0 Å². The molecule has 0 aliphatic heterocycles. The van der Waals surface area contributed by atoms with Crippen LogP contribution >= 0.6 is 0 Å². The number of hydrogen-bond donors (Lipinski definition) is 0. The van der Waals surface area contributed by atoms with Crippen LogP contribution in [-0.2, 0) is 6.42 Å². The summed E-state index contributed by atoms with van der Waals surface area (Å²) in [5, 5.41) is 0. The molecule has 0 aromatic heterocycles. The van der Waals surface area contributed by atoms with Crippen molar-refractivity contribution < 1.29 is 0 Å². The van der Waals surface area contributed by atoms with E-state index >= 15 is 0 Å². The van der Waals surface area contributed by atoms with Crippen molar-refractivity contribution >= 4 is 0 Å². The predicted octanol–water partition coefficient (Wildman–Crippen LogP) is 4.40. The van der Waals surface area contributed by atoms with Crippen molar-refractivity contribution in [1.82, 2.24) is 0 Å². The fourth-order valence-corrected chi connectivity index (χ4v) is 1.58. The van der Waals surface area contributed by atoms with E-state index in [4.69, 9.17) is 0 Å². The van der Waals surface area contributed by atoms with Crippen molar-refractivity contribution in [3.63, 3.8) is 0 Å². The monoisotopic (exact) mass is 190 g/mol. The number of benzene rings is 1. The average molecular weight is 190 g/mol. The number of hydrogen-bond acceptors (Lipinski definition) is 0. The lowest BCUT2D eigenvalue weighted by Gasteiger charge is -2.27. The number of aryl methyl sites for hydroxylation is 1. The Morgan fingerprint density at radius 1 is 1.21 bits per heavy atom. The van der Waals surface area contributed by atoms with Crippen molar-refractivity contribution in [1.29, 1.82) is 0 Å². The molecule has 0 N–H and O–H groups in total. The quantitative estimate of drug-likeness (QED) is 0.648. The summed E-state index contributed by atoms with van der Waals surface area (Å²) in [5.74, 6) is 0.619. The minimum absolute atomic E-state index is 0.354. The van der Waals surface area contributed by atoms with Gasteiger partial charge in [-0.15, -0.1) is 0 Å². The van der Waals surface area contributed by atoms with Crippen molar-refractivity contribution in [2.75, 3.05) is 0 Å². The molecule has 0 spiro atoms. The summed E-state index contributed by atoms with van der Waals surface area (Å²) in [4.78, 5) is 0. The Kier molecular flexibility index (Phi) is 3.36. The molecular weight excluding hydrogens is 168 g/mol. The van der Waals surface area contributed by atoms with Crippen molar-refractivity contribution in [2.24, 2.45) is 5.41 Å². The first-order chi connectivity index (χ1) is 6.45. The van der Waals surface area contributed by atoms with Gasteiger partial charge < -0.3 is 0 Å². The molecule has 0 heteroatoms. The van der Waals surface area contributed by atoms with Gasteiger partial charge in [0.1, 0.15) is 0 Å². The van der Waals surface area contributed by atoms with Crippen LogP contribution in [0.15, 0.2) is 24.3 Å². The van der Waals surface area contributed by atoms with Crippen molar-refractivity contribution in [3.05, 3.63) is 35.4 Å². The Balaban J connectivity index is 2.95. The normalized spacial score (nSPS) is 14.1. The van der Waals surface area contributed by atoms with Gasteiger partial charge in [-0.1, -0.05) is 58.9 Å². The maximum atomic E-state index is 2.34. The molecule has 0 aliphatic carbocycles. The molecule has 0 amide bonds. The minimum Gasteiger partial charge on any atom is -0.0617 e. The molecule has 0 aliphatic rings. The van der Waals surface area contributed by atoms with E-state index in [0.717, 1.165) is 6.42 Å². The molecule has 0 nitrogen and oxygen atoms in total. The van der Waals surface area contributed by atoms with Crippen LogP contribution in [0.4, 0.5) is 0 Å². The molecule has 0 heterocycles. The molecule has 0 saturated carbocycles. The molecule has 1 unspecified atom stereocenters. The topological polar surface area (TPSA) is 0 Å². The van der Waals surface area contributed by atoms with Gasteiger partial charge in [-0.2, -0.15) is 0 Å². The Bertz CT molecular complexity index is 291. The lowest BCUT2D eigenvalue weighted by molar-refractivity contribution is 0.339. The summed E-state index contributed by atoms with van der Waals surface area (Å²) in [6.07, 6.45) is 1.13. The molecule has 1 atom stereocenters. The largest absolute Gasteiger partial charge is 0.0617 e. The SMILES string of the molecule is CCc1cccc(C(C)C(C)(C)C)c1. The van der Waals surface area contributed by atoms with Gasteiger partial charge in [0.15, 0.2) is 0 Å². The maximum Gasteiger partial charge on any atom is -0.0142 e. The van der Waals surface area contributed by atoms with Gasteiger partial charge in [0, 0.05) is 0 Å². The average Bonchev–Trinajstić information content (AvgIpc) is 2.15. The summed E-state index contributed by atoms with van der Waals surface area (Å²) in [6.45, 7) is 11.4.